The summed E-state index contributed by atoms with van der Waals surface area (Å²) in [5.74, 6) is 1.00. The molecule has 0 amide bonds. The summed E-state index contributed by atoms with van der Waals surface area (Å²) in [6.07, 6.45) is 6.75. The van der Waals surface area contributed by atoms with Crippen LogP contribution in [0.2, 0.25) is 0 Å². The van der Waals surface area contributed by atoms with E-state index in [4.69, 9.17) is 9.47 Å². The number of aryl methyl sites for hydroxylation is 1. The quantitative estimate of drug-likeness (QED) is 0.131. The van der Waals surface area contributed by atoms with Crippen molar-refractivity contribution < 1.29 is 9.47 Å². The topological polar surface area (TPSA) is 30.8 Å². The third-order valence-electron chi connectivity index (χ3n) is 6.84. The van der Waals surface area contributed by atoms with Crippen molar-refractivity contribution in [1.29, 1.82) is 0 Å². The van der Waals surface area contributed by atoms with Gasteiger partial charge in [-0.05, 0) is 46.7 Å². The smallest absolute Gasteiger partial charge is 0.188 e. The molecule has 0 bridgehead atoms. The van der Waals surface area contributed by atoms with Crippen molar-refractivity contribution in [2.24, 2.45) is 4.99 Å². The summed E-state index contributed by atoms with van der Waals surface area (Å²) in [5, 5.41) is 1.28. The summed E-state index contributed by atoms with van der Waals surface area (Å²) < 4.78 is 11.9. The molecule has 200 valence electrons. The number of ether oxygens (including phenoxy) is 2. The molecule has 2 aromatic rings. The average Bonchev–Trinajstić information content (AvgIpc) is 2.78. The Morgan fingerprint density at radius 2 is 1.58 bits per heavy atom. The molecule has 0 aromatic heterocycles. The van der Waals surface area contributed by atoms with Crippen LogP contribution in [0.3, 0.4) is 0 Å². The monoisotopic (exact) mass is 511 g/mol. The number of rotatable bonds is 11. The van der Waals surface area contributed by atoms with E-state index >= 15 is 0 Å². The van der Waals surface area contributed by atoms with Crippen molar-refractivity contribution in [1.82, 2.24) is 0 Å². The zero-order chi connectivity index (χ0) is 27.1. The molecule has 0 saturated carbocycles. The van der Waals surface area contributed by atoms with Crippen LogP contribution in [0.4, 0.5) is 0 Å². The average molecular weight is 512 g/mol. The fourth-order valence-electron chi connectivity index (χ4n) is 4.63. The van der Waals surface area contributed by atoms with E-state index in [1.54, 1.807) is 7.11 Å². The number of unbranched alkanes of at least 4 members (excludes halogenated alkanes) is 2. The first-order chi connectivity index (χ1) is 16.8. The Morgan fingerprint density at radius 1 is 0.917 bits per heavy atom. The lowest BCUT2D eigenvalue weighted by atomic mass is 9.76. The molecule has 2 unspecified atom stereocenters. The molecular formula is C32H50NO2P. The van der Waals surface area contributed by atoms with E-state index in [0.29, 0.717) is 8.58 Å². The predicted octanol–water partition coefficient (Wildman–Crippen LogP) is 8.42. The molecule has 0 fully saturated rings. The standard InChI is InChI=1S/C32H50NO2P/c1-12-13-14-17-32(9,36-28-16-15-23(2)18-24(28)21-33-10)27-20-25(30(3,4)5)19-26(31(6,7)8)29(27)35-22-34-11/h15-16,18-21,36H,12-14,17,22H2,1-11H3. The van der Waals surface area contributed by atoms with Gasteiger partial charge in [0.2, 0.25) is 0 Å². The lowest BCUT2D eigenvalue weighted by molar-refractivity contribution is 0.0486. The second kappa shape index (κ2) is 12.7. The van der Waals surface area contributed by atoms with E-state index in [-0.39, 0.29) is 22.8 Å². The first kappa shape index (κ1) is 30.5. The van der Waals surface area contributed by atoms with E-state index < -0.39 is 0 Å². The molecule has 2 atom stereocenters. The Hall–Kier alpha value is -1.70. The largest absolute Gasteiger partial charge is 0.467 e. The Kier molecular flexibility index (Phi) is 10.8. The number of aliphatic imine (C=N–C) groups is 1. The molecule has 0 aliphatic carbocycles. The molecule has 0 radical (unpaired) electrons. The van der Waals surface area contributed by atoms with Gasteiger partial charge in [0.1, 0.15) is 5.75 Å². The zero-order valence-electron chi connectivity index (χ0n) is 24.8. The van der Waals surface area contributed by atoms with Gasteiger partial charge in [-0.25, -0.2) is 0 Å². The normalized spacial score (nSPS) is 14.6. The fraction of sp³-hybridized carbons (Fsp3) is 0.594. The van der Waals surface area contributed by atoms with Crippen LogP contribution in [0.5, 0.6) is 5.75 Å². The predicted molar refractivity (Wildman–Crippen MR) is 160 cm³/mol. The van der Waals surface area contributed by atoms with E-state index in [1.165, 1.54) is 52.4 Å². The van der Waals surface area contributed by atoms with Crippen LogP contribution >= 0.6 is 8.58 Å². The highest BCUT2D eigenvalue weighted by Gasteiger charge is 2.35. The Morgan fingerprint density at radius 3 is 2.14 bits per heavy atom. The highest BCUT2D eigenvalue weighted by Crippen LogP contribution is 2.52. The van der Waals surface area contributed by atoms with Gasteiger partial charge in [0.05, 0.1) is 0 Å². The third kappa shape index (κ3) is 7.90. The van der Waals surface area contributed by atoms with Gasteiger partial charge in [-0.1, -0.05) is 113 Å². The third-order valence-corrected chi connectivity index (χ3v) is 8.64. The zero-order valence-corrected chi connectivity index (χ0v) is 25.8. The van der Waals surface area contributed by atoms with Gasteiger partial charge < -0.3 is 9.47 Å². The van der Waals surface area contributed by atoms with Crippen molar-refractivity contribution in [2.75, 3.05) is 21.0 Å². The summed E-state index contributed by atoms with van der Waals surface area (Å²) in [5.41, 5.74) is 6.39. The first-order valence-electron chi connectivity index (χ1n) is 13.4. The van der Waals surface area contributed by atoms with Gasteiger partial charge in [-0.3, -0.25) is 4.99 Å². The van der Waals surface area contributed by atoms with Gasteiger partial charge in [0.15, 0.2) is 6.79 Å². The van der Waals surface area contributed by atoms with Crippen LogP contribution in [0.15, 0.2) is 35.3 Å². The summed E-state index contributed by atoms with van der Waals surface area (Å²) in [4.78, 5) is 4.37. The fourth-order valence-corrected chi connectivity index (χ4v) is 6.30. The molecule has 0 aliphatic rings. The number of hydrogen-bond donors (Lipinski definition) is 0. The minimum absolute atomic E-state index is 0.0336. The van der Waals surface area contributed by atoms with Crippen LogP contribution in [-0.2, 0) is 20.7 Å². The van der Waals surface area contributed by atoms with E-state index in [1.807, 2.05) is 13.3 Å². The summed E-state index contributed by atoms with van der Waals surface area (Å²) in [7, 11) is 4.15. The summed E-state index contributed by atoms with van der Waals surface area (Å²) in [6.45, 7) is 20.9. The van der Waals surface area contributed by atoms with Gasteiger partial charge in [0.25, 0.3) is 0 Å². The minimum Gasteiger partial charge on any atom is -0.467 e. The van der Waals surface area contributed by atoms with Crippen molar-refractivity contribution in [3.8, 4) is 5.75 Å². The van der Waals surface area contributed by atoms with Gasteiger partial charge in [-0.15, -0.1) is 0 Å². The van der Waals surface area contributed by atoms with Crippen molar-refractivity contribution in [2.45, 2.75) is 104 Å². The number of methoxy groups -OCH3 is 1. The number of hydrogen-bond acceptors (Lipinski definition) is 3. The molecule has 0 aliphatic heterocycles. The molecule has 4 heteroatoms. The molecule has 36 heavy (non-hydrogen) atoms. The number of benzene rings is 2. The SMILES string of the molecule is CCCCCC(C)(Pc1ccc(C)cc1C=NC)c1cc(C(C)(C)C)cc(C(C)(C)C)c1OCOC. The van der Waals surface area contributed by atoms with Crippen LogP contribution < -0.4 is 10.0 Å². The van der Waals surface area contributed by atoms with Crippen LogP contribution in [0.25, 0.3) is 0 Å². The molecule has 2 rings (SSSR count). The Bertz CT molecular complexity index is 1030. The minimum atomic E-state index is -0.0783. The second-order valence-corrected chi connectivity index (χ2v) is 14.2. The molecule has 0 spiro atoms. The first-order valence-corrected chi connectivity index (χ1v) is 14.4. The highest BCUT2D eigenvalue weighted by molar-refractivity contribution is 7.48. The Labute approximate surface area is 223 Å². The lowest BCUT2D eigenvalue weighted by Crippen LogP contribution is -2.26. The second-order valence-electron chi connectivity index (χ2n) is 12.3. The highest BCUT2D eigenvalue weighted by atomic mass is 31.1. The van der Waals surface area contributed by atoms with Crippen LogP contribution in [-0.4, -0.2) is 27.2 Å². The van der Waals surface area contributed by atoms with E-state index in [0.717, 1.165) is 12.2 Å². The van der Waals surface area contributed by atoms with Gasteiger partial charge >= 0.3 is 0 Å². The maximum Gasteiger partial charge on any atom is 0.188 e. The van der Waals surface area contributed by atoms with Crippen LogP contribution in [0.1, 0.15) is 109 Å². The molecule has 0 saturated heterocycles. The van der Waals surface area contributed by atoms with Crippen molar-refractivity contribution >= 4 is 20.1 Å². The van der Waals surface area contributed by atoms with Crippen molar-refractivity contribution in [3.63, 3.8) is 0 Å². The Balaban J connectivity index is 2.86. The molecule has 2 aromatic carbocycles. The van der Waals surface area contributed by atoms with E-state index in [9.17, 15) is 0 Å². The maximum absolute atomic E-state index is 6.45. The van der Waals surface area contributed by atoms with Crippen LogP contribution in [0, 0.1) is 6.92 Å². The van der Waals surface area contributed by atoms with E-state index in [2.05, 4.69) is 97.6 Å². The number of nitrogens with zero attached hydrogens (tertiary/aromatic N) is 1. The lowest BCUT2D eigenvalue weighted by Gasteiger charge is -2.37. The maximum atomic E-state index is 6.45. The molecule has 0 heterocycles. The summed E-state index contributed by atoms with van der Waals surface area (Å²) in [6, 6.07) is 11.6. The molecule has 3 nitrogen and oxygen atoms in total. The molecular weight excluding hydrogens is 461 g/mol. The van der Waals surface area contributed by atoms with Crippen molar-refractivity contribution in [3.05, 3.63) is 58.1 Å². The summed E-state index contributed by atoms with van der Waals surface area (Å²) >= 11 is 0. The molecule has 0 N–H and O–H groups in total. The van der Waals surface area contributed by atoms with Gasteiger partial charge in [0, 0.05) is 36.7 Å². The van der Waals surface area contributed by atoms with Gasteiger partial charge in [-0.2, -0.15) is 0 Å².